The molecule has 278 valence electrons. The molecule has 51 heavy (non-hydrogen) atoms. The van der Waals surface area contributed by atoms with Crippen molar-refractivity contribution in [3.8, 4) is 5.75 Å². The van der Waals surface area contributed by atoms with Crippen LogP contribution in [-0.4, -0.2) is 100 Å². The van der Waals surface area contributed by atoms with Gasteiger partial charge in [-0.3, -0.25) is 19.1 Å². The number of carbonyl (C=O) groups excluding carboxylic acids is 2. The molecular formula is C31H42N8O10S2. The number of amidine groups is 1. The summed E-state index contributed by atoms with van der Waals surface area (Å²) < 4.78 is 41.8. The standard InChI is InChI=1S/C31H42N8O10S2/c1-30(2)24(27(41)39(30)49-51(44,45)46)37-26(40)23(20-15-50-29(33)36-20)38-48-31(3,28(42)43)22-12-8-17-13-18(7-11-21(17)47-22)25(32)35-19-9-5-16(6-10-19)14-34-4/h7,11,13,15-16,19,22,24,34H,5-6,8-10,12,14H2,1-4H3,(H2,32,35)(H2,33,36)(H,37,40)(H,42,43)(H,44,45,46). The third kappa shape index (κ3) is 8.25. The topological polar surface area (TPSA) is 270 Å². The molecule has 5 rings (SSSR count). The van der Waals surface area contributed by atoms with Gasteiger partial charge < -0.3 is 36.8 Å². The zero-order valence-electron chi connectivity index (χ0n) is 28.5. The molecule has 18 nitrogen and oxygen atoms in total. The maximum atomic E-state index is 13.5. The maximum absolute atomic E-state index is 13.5. The van der Waals surface area contributed by atoms with Crippen LogP contribution in [0, 0.1) is 5.92 Å². The summed E-state index contributed by atoms with van der Waals surface area (Å²) in [6, 6.07) is 4.18. The van der Waals surface area contributed by atoms with Crippen molar-refractivity contribution in [2.24, 2.45) is 21.8 Å². The molecule has 2 aromatic rings. The molecule has 2 amide bonds. The molecule has 3 heterocycles. The van der Waals surface area contributed by atoms with E-state index in [1.807, 2.05) is 13.1 Å². The van der Waals surface area contributed by atoms with Gasteiger partial charge in [-0.15, -0.1) is 15.6 Å². The van der Waals surface area contributed by atoms with Crippen LogP contribution < -0.4 is 26.8 Å². The lowest BCUT2D eigenvalue weighted by molar-refractivity contribution is -0.218. The second-order valence-corrected chi connectivity index (χ2v) is 15.3. The van der Waals surface area contributed by atoms with Gasteiger partial charge in [0, 0.05) is 10.9 Å². The Morgan fingerprint density at radius 3 is 2.53 bits per heavy atom. The number of aliphatic imine (C=N–C) groups is 1. The number of carboxylic acids is 1. The normalized spacial score (nSPS) is 24.8. The molecule has 20 heteroatoms. The third-order valence-corrected chi connectivity index (χ3v) is 10.4. The first-order valence-electron chi connectivity index (χ1n) is 16.2. The number of nitrogen functional groups attached to an aromatic ring is 1. The Balaban J connectivity index is 1.31. The number of nitrogens with zero attached hydrogens (tertiary/aromatic N) is 4. The van der Waals surface area contributed by atoms with Gasteiger partial charge in [-0.05, 0) is 103 Å². The Morgan fingerprint density at radius 2 is 1.94 bits per heavy atom. The number of ether oxygens (including phenoxy) is 1. The number of fused-ring (bicyclic) bond motifs is 1. The van der Waals surface area contributed by atoms with Crippen molar-refractivity contribution in [3.63, 3.8) is 0 Å². The fraction of sp³-hybridized carbons (Fsp3) is 0.548. The van der Waals surface area contributed by atoms with Crippen LogP contribution in [0.15, 0.2) is 33.7 Å². The summed E-state index contributed by atoms with van der Waals surface area (Å²) in [5, 5.41) is 21.7. The molecule has 2 fully saturated rings. The molecule has 1 aromatic carbocycles. The second-order valence-electron chi connectivity index (χ2n) is 13.4. The highest BCUT2D eigenvalue weighted by Crippen LogP contribution is 2.36. The Hall–Kier alpha value is -4.37. The number of nitrogens with two attached hydrogens (primary N) is 2. The van der Waals surface area contributed by atoms with Gasteiger partial charge in [0.1, 0.15) is 23.3 Å². The van der Waals surface area contributed by atoms with Gasteiger partial charge in [-0.25, -0.2) is 9.78 Å². The van der Waals surface area contributed by atoms with Gasteiger partial charge in [-0.1, -0.05) is 5.16 Å². The number of amides is 2. The molecule has 8 N–H and O–H groups in total. The number of carboxylic acid groups (broad SMARTS) is 1. The van der Waals surface area contributed by atoms with Crippen molar-refractivity contribution in [1.29, 1.82) is 0 Å². The van der Waals surface area contributed by atoms with Gasteiger partial charge in [0.2, 0.25) is 0 Å². The van der Waals surface area contributed by atoms with Crippen LogP contribution in [0.2, 0.25) is 0 Å². The first-order valence-corrected chi connectivity index (χ1v) is 18.5. The van der Waals surface area contributed by atoms with E-state index in [1.54, 1.807) is 12.1 Å². The number of hydrogen-bond acceptors (Lipinski definition) is 14. The molecule has 1 saturated carbocycles. The number of oxime groups is 1. The number of carbonyl (C=O) groups is 3. The molecule has 1 saturated heterocycles. The monoisotopic (exact) mass is 750 g/mol. The number of nitrogens with one attached hydrogen (secondary N) is 2. The number of hydroxylamine groups is 2. The van der Waals surface area contributed by atoms with Crippen molar-refractivity contribution in [1.82, 2.24) is 20.7 Å². The van der Waals surface area contributed by atoms with Crippen LogP contribution in [0.25, 0.3) is 0 Å². The summed E-state index contributed by atoms with van der Waals surface area (Å²) in [6.07, 6.45) is 3.70. The van der Waals surface area contributed by atoms with Crippen LogP contribution in [0.3, 0.4) is 0 Å². The van der Waals surface area contributed by atoms with Crippen molar-refractivity contribution >= 4 is 56.2 Å². The Labute approximate surface area is 298 Å². The average molecular weight is 751 g/mol. The Kier molecular flexibility index (Phi) is 10.9. The number of hydrogen-bond donors (Lipinski definition) is 6. The molecule has 3 atom stereocenters. The molecule has 3 unspecified atom stereocenters. The Morgan fingerprint density at radius 1 is 1.24 bits per heavy atom. The van der Waals surface area contributed by atoms with E-state index in [9.17, 15) is 27.9 Å². The highest BCUT2D eigenvalue weighted by molar-refractivity contribution is 7.80. The first kappa shape index (κ1) is 37.9. The van der Waals surface area contributed by atoms with Crippen molar-refractivity contribution in [3.05, 3.63) is 40.4 Å². The summed E-state index contributed by atoms with van der Waals surface area (Å²) >= 11 is 0.970. The SMILES string of the molecule is CNCC1CCC(N=C(N)c2ccc3c(c2)CCC(C(C)(ON=C(C(=O)NC2C(=O)N(OS(=O)(=O)O)C2(C)C)c2csc(N)n2)C(=O)O)O3)CC1. The van der Waals surface area contributed by atoms with Crippen LogP contribution >= 0.6 is 11.3 Å². The van der Waals surface area contributed by atoms with E-state index >= 15 is 0 Å². The van der Waals surface area contributed by atoms with Gasteiger partial charge in [0.25, 0.3) is 17.4 Å². The van der Waals surface area contributed by atoms with Crippen LogP contribution in [0.4, 0.5) is 5.13 Å². The smallest absolute Gasteiger partial charge is 0.418 e. The largest absolute Gasteiger partial charge is 0.485 e. The molecule has 0 radical (unpaired) electrons. The van der Waals surface area contributed by atoms with Gasteiger partial charge in [0.05, 0.1) is 11.6 Å². The summed E-state index contributed by atoms with van der Waals surface area (Å²) in [7, 11) is -3.07. The summed E-state index contributed by atoms with van der Waals surface area (Å²) in [5.74, 6) is -1.92. The summed E-state index contributed by atoms with van der Waals surface area (Å²) in [4.78, 5) is 53.2. The number of aliphatic carboxylic acids is 1. The number of rotatable bonds is 13. The lowest BCUT2D eigenvalue weighted by Crippen LogP contribution is -2.76. The summed E-state index contributed by atoms with van der Waals surface area (Å²) in [5.41, 5.74) is 9.60. The fourth-order valence-electron chi connectivity index (χ4n) is 6.37. The molecule has 1 aliphatic carbocycles. The maximum Gasteiger partial charge on any atom is 0.418 e. The number of anilines is 1. The van der Waals surface area contributed by atoms with E-state index in [4.69, 9.17) is 30.6 Å². The zero-order valence-corrected chi connectivity index (χ0v) is 30.1. The minimum Gasteiger partial charge on any atom is -0.485 e. The molecule has 2 aliphatic heterocycles. The van der Waals surface area contributed by atoms with Crippen LogP contribution in [-0.2, 0) is 40.3 Å². The molecule has 0 spiro atoms. The zero-order chi connectivity index (χ0) is 37.3. The van der Waals surface area contributed by atoms with E-state index in [-0.39, 0.29) is 23.3 Å². The van der Waals surface area contributed by atoms with Crippen LogP contribution in [0.1, 0.15) is 69.7 Å². The third-order valence-electron chi connectivity index (χ3n) is 9.40. The number of β-lactam (4-membered cyclic amide) rings is 1. The van der Waals surface area contributed by atoms with E-state index in [1.165, 1.54) is 26.2 Å². The molecule has 1 aromatic heterocycles. The van der Waals surface area contributed by atoms with E-state index in [2.05, 4.69) is 25.1 Å². The van der Waals surface area contributed by atoms with Crippen LogP contribution in [0.5, 0.6) is 5.75 Å². The van der Waals surface area contributed by atoms with Crippen molar-refractivity contribution < 1.29 is 46.3 Å². The van der Waals surface area contributed by atoms with Gasteiger partial charge >= 0.3 is 16.4 Å². The molecule has 0 bridgehead atoms. The number of thiazole rings is 1. The van der Waals surface area contributed by atoms with E-state index in [0.29, 0.717) is 29.0 Å². The number of aromatic nitrogens is 1. The molecular weight excluding hydrogens is 709 g/mol. The van der Waals surface area contributed by atoms with Crippen molar-refractivity contribution in [2.45, 2.75) is 88.6 Å². The quantitative estimate of drug-likeness (QED) is 0.0549. The lowest BCUT2D eigenvalue weighted by atomic mass is 9.84. The highest BCUT2D eigenvalue weighted by atomic mass is 32.3. The van der Waals surface area contributed by atoms with Crippen molar-refractivity contribution in [2.75, 3.05) is 19.3 Å². The van der Waals surface area contributed by atoms with Gasteiger partial charge in [0.15, 0.2) is 16.9 Å². The summed E-state index contributed by atoms with van der Waals surface area (Å²) in [6.45, 7) is 5.00. The number of benzene rings is 1. The highest BCUT2D eigenvalue weighted by Gasteiger charge is 2.58. The van der Waals surface area contributed by atoms with E-state index < -0.39 is 57.2 Å². The van der Waals surface area contributed by atoms with Gasteiger partial charge in [-0.2, -0.15) is 13.5 Å². The fourth-order valence-corrected chi connectivity index (χ4v) is 7.37. The first-order chi connectivity index (χ1) is 23.9. The average Bonchev–Trinajstić information content (AvgIpc) is 3.51. The molecule has 3 aliphatic rings. The second kappa shape index (κ2) is 14.7. The predicted octanol–water partition coefficient (Wildman–Crippen LogP) is 1.01. The van der Waals surface area contributed by atoms with E-state index in [0.717, 1.165) is 54.7 Å². The minimum absolute atomic E-state index is 0.0634. The minimum atomic E-state index is -5.03. The predicted molar refractivity (Wildman–Crippen MR) is 185 cm³/mol. The number of aryl methyl sites for hydroxylation is 1. The Bertz CT molecular complexity index is 1840. The lowest BCUT2D eigenvalue weighted by Gasteiger charge is -2.50.